The van der Waals surface area contributed by atoms with Crippen LogP contribution in [0, 0.1) is 11.8 Å². The topological polar surface area (TPSA) is 50.4 Å². The highest BCUT2D eigenvalue weighted by atomic mass is 16.6. The van der Waals surface area contributed by atoms with Gasteiger partial charge in [0.05, 0.1) is 0 Å². The van der Waals surface area contributed by atoms with E-state index in [9.17, 15) is 4.79 Å². The van der Waals surface area contributed by atoms with Crippen LogP contribution in [0.25, 0.3) is 0 Å². The highest BCUT2D eigenvalue weighted by Crippen LogP contribution is 2.42. The van der Waals surface area contributed by atoms with Gasteiger partial charge in [0.1, 0.15) is 5.60 Å². The summed E-state index contributed by atoms with van der Waals surface area (Å²) in [5.74, 6) is 1.66. The summed E-state index contributed by atoms with van der Waals surface area (Å²) in [5, 5.41) is 6.48. The van der Waals surface area contributed by atoms with Gasteiger partial charge in [0.2, 0.25) is 0 Å². The van der Waals surface area contributed by atoms with Crippen LogP contribution in [0.5, 0.6) is 0 Å². The van der Waals surface area contributed by atoms with Crippen LogP contribution in [0.3, 0.4) is 0 Å². The predicted octanol–water partition coefficient (Wildman–Crippen LogP) is 3.81. The van der Waals surface area contributed by atoms with Crippen molar-refractivity contribution in [1.29, 1.82) is 0 Å². The number of amides is 1. The molecular weight excluding hydrogens is 312 g/mol. The molecule has 0 spiro atoms. The first-order valence-electron chi connectivity index (χ1n) is 9.35. The molecule has 0 bridgehead atoms. The molecule has 4 nitrogen and oxygen atoms in total. The molecule has 25 heavy (non-hydrogen) atoms. The van der Waals surface area contributed by atoms with Crippen molar-refractivity contribution in [3.05, 3.63) is 47.5 Å². The smallest absolute Gasteiger partial charge is 0.407 e. The average molecular weight is 342 g/mol. The van der Waals surface area contributed by atoms with E-state index >= 15 is 0 Å². The molecule has 2 aliphatic carbocycles. The number of alkyl carbamates (subject to hydrolysis) is 1. The Morgan fingerprint density at radius 3 is 2.60 bits per heavy atom. The zero-order valence-corrected chi connectivity index (χ0v) is 15.5. The molecule has 136 valence electrons. The lowest BCUT2D eigenvalue weighted by atomic mass is 9.71. The first kappa shape index (κ1) is 18.0. The number of carbonyl (C=O) groups excluding carboxylic acids is 1. The van der Waals surface area contributed by atoms with Crippen LogP contribution in [0.2, 0.25) is 0 Å². The van der Waals surface area contributed by atoms with Crippen LogP contribution in [-0.2, 0) is 17.7 Å². The summed E-state index contributed by atoms with van der Waals surface area (Å²) in [4.78, 5) is 11.6. The van der Waals surface area contributed by atoms with E-state index in [-0.39, 0.29) is 6.09 Å². The number of fused-ring (bicyclic) bond motifs is 1. The number of rotatable bonds is 6. The van der Waals surface area contributed by atoms with Gasteiger partial charge in [-0.1, -0.05) is 36.4 Å². The molecule has 2 N–H and O–H groups in total. The van der Waals surface area contributed by atoms with E-state index in [1.807, 2.05) is 20.8 Å². The molecule has 0 aliphatic heterocycles. The van der Waals surface area contributed by atoms with Gasteiger partial charge in [0.15, 0.2) is 0 Å². The fourth-order valence-electron chi connectivity index (χ4n) is 3.64. The lowest BCUT2D eigenvalue weighted by Gasteiger charge is -2.40. The van der Waals surface area contributed by atoms with Gasteiger partial charge in [-0.05, 0) is 63.0 Å². The number of ether oxygens (including phenoxy) is 1. The number of hydrogen-bond acceptors (Lipinski definition) is 3. The maximum atomic E-state index is 11.6. The van der Waals surface area contributed by atoms with Crippen molar-refractivity contribution >= 4 is 6.09 Å². The van der Waals surface area contributed by atoms with Crippen molar-refractivity contribution in [3.63, 3.8) is 0 Å². The second-order valence-electron chi connectivity index (χ2n) is 8.22. The van der Waals surface area contributed by atoms with Gasteiger partial charge in [0, 0.05) is 19.1 Å². The van der Waals surface area contributed by atoms with Gasteiger partial charge in [-0.3, -0.25) is 0 Å². The Morgan fingerprint density at radius 1 is 1.20 bits per heavy atom. The Labute approximate surface area is 151 Å². The highest BCUT2D eigenvalue weighted by Gasteiger charge is 2.40. The minimum Gasteiger partial charge on any atom is -0.444 e. The highest BCUT2D eigenvalue weighted by molar-refractivity contribution is 5.67. The second kappa shape index (κ2) is 7.61. The second-order valence-corrected chi connectivity index (χ2v) is 8.22. The van der Waals surface area contributed by atoms with Gasteiger partial charge in [-0.25, -0.2) is 4.79 Å². The first-order chi connectivity index (χ1) is 11.9. The van der Waals surface area contributed by atoms with Crippen molar-refractivity contribution in [2.45, 2.75) is 58.2 Å². The zero-order chi connectivity index (χ0) is 17.9. The molecule has 0 saturated heterocycles. The van der Waals surface area contributed by atoms with E-state index in [4.69, 9.17) is 4.74 Å². The predicted molar refractivity (Wildman–Crippen MR) is 100 cm³/mol. The van der Waals surface area contributed by atoms with Gasteiger partial charge in [-0.2, -0.15) is 0 Å². The van der Waals surface area contributed by atoms with Gasteiger partial charge < -0.3 is 15.4 Å². The minimum atomic E-state index is -0.451. The molecule has 1 aromatic rings. The van der Waals surface area contributed by atoms with Crippen LogP contribution in [0.15, 0.2) is 36.4 Å². The van der Waals surface area contributed by atoms with Gasteiger partial charge >= 0.3 is 6.09 Å². The average Bonchev–Trinajstić information content (AvgIpc) is 2.88. The SMILES string of the molecule is CC(C)(C)OC(=O)NCCc1ccc(CNC2CC3CC=CC32)cc1. The summed E-state index contributed by atoms with van der Waals surface area (Å²) in [6.45, 7) is 7.12. The molecule has 0 radical (unpaired) electrons. The third-order valence-corrected chi connectivity index (χ3v) is 5.04. The van der Waals surface area contributed by atoms with Crippen molar-refractivity contribution in [1.82, 2.24) is 10.6 Å². The minimum absolute atomic E-state index is 0.354. The maximum Gasteiger partial charge on any atom is 0.407 e. The summed E-state index contributed by atoms with van der Waals surface area (Å²) in [7, 11) is 0. The third kappa shape index (κ3) is 5.08. The fraction of sp³-hybridized carbons (Fsp3) is 0.571. The third-order valence-electron chi connectivity index (χ3n) is 5.04. The molecule has 1 saturated carbocycles. The molecule has 0 aromatic heterocycles. The monoisotopic (exact) mass is 342 g/mol. The van der Waals surface area contributed by atoms with E-state index in [1.165, 1.54) is 24.0 Å². The standard InChI is InChI=1S/C21H30N2O2/c1-21(2,3)25-20(24)22-12-11-15-7-9-16(10-8-15)14-23-19-13-17-5-4-6-18(17)19/h4,6-10,17-19,23H,5,11-14H2,1-3H3,(H,22,24). The van der Waals surface area contributed by atoms with E-state index < -0.39 is 5.60 Å². The summed E-state index contributed by atoms with van der Waals surface area (Å²) in [5.41, 5.74) is 2.09. The summed E-state index contributed by atoms with van der Waals surface area (Å²) in [6, 6.07) is 9.30. The first-order valence-corrected chi connectivity index (χ1v) is 9.35. The normalized spacial score (nSPS) is 24.5. The number of hydrogen-bond donors (Lipinski definition) is 2. The quantitative estimate of drug-likeness (QED) is 0.773. The van der Waals surface area contributed by atoms with Crippen molar-refractivity contribution in [3.8, 4) is 0 Å². The van der Waals surface area contributed by atoms with Crippen LogP contribution in [-0.4, -0.2) is 24.3 Å². The van der Waals surface area contributed by atoms with Gasteiger partial charge in [0.25, 0.3) is 0 Å². The molecule has 0 heterocycles. The van der Waals surface area contributed by atoms with Crippen molar-refractivity contribution < 1.29 is 9.53 Å². The number of carbonyl (C=O) groups is 1. The summed E-state index contributed by atoms with van der Waals surface area (Å²) < 4.78 is 5.23. The van der Waals surface area contributed by atoms with Crippen LogP contribution in [0.1, 0.15) is 44.7 Å². The zero-order valence-electron chi connectivity index (χ0n) is 15.5. The summed E-state index contributed by atoms with van der Waals surface area (Å²) >= 11 is 0. The van der Waals surface area contributed by atoms with Crippen LogP contribution >= 0.6 is 0 Å². The van der Waals surface area contributed by atoms with Crippen LogP contribution < -0.4 is 10.6 Å². The van der Waals surface area contributed by atoms with Crippen molar-refractivity contribution in [2.24, 2.45) is 11.8 Å². The van der Waals surface area contributed by atoms with E-state index in [0.717, 1.165) is 24.8 Å². The van der Waals surface area contributed by atoms with Gasteiger partial charge in [-0.15, -0.1) is 0 Å². The Hall–Kier alpha value is -1.81. The van der Waals surface area contributed by atoms with Crippen molar-refractivity contribution in [2.75, 3.05) is 6.54 Å². The molecule has 1 aromatic carbocycles. The molecule has 3 unspecified atom stereocenters. The fourth-order valence-corrected chi connectivity index (χ4v) is 3.64. The number of allylic oxidation sites excluding steroid dienone is 1. The lowest BCUT2D eigenvalue weighted by Crippen LogP contribution is -2.47. The Kier molecular flexibility index (Phi) is 5.48. The number of nitrogens with one attached hydrogen (secondary N) is 2. The Balaban J connectivity index is 1.36. The molecule has 1 amide bonds. The largest absolute Gasteiger partial charge is 0.444 e. The van der Waals surface area contributed by atoms with E-state index in [1.54, 1.807) is 0 Å². The molecule has 3 atom stereocenters. The van der Waals surface area contributed by atoms with E-state index in [0.29, 0.717) is 12.6 Å². The molecule has 4 heteroatoms. The maximum absolute atomic E-state index is 11.6. The molecule has 3 rings (SSSR count). The van der Waals surface area contributed by atoms with Crippen LogP contribution in [0.4, 0.5) is 4.79 Å². The Morgan fingerprint density at radius 2 is 1.92 bits per heavy atom. The molecule has 1 fully saturated rings. The molecular formula is C21H30N2O2. The lowest BCUT2D eigenvalue weighted by molar-refractivity contribution is 0.0528. The number of benzene rings is 1. The van der Waals surface area contributed by atoms with E-state index in [2.05, 4.69) is 47.1 Å². The summed E-state index contributed by atoms with van der Waals surface area (Å²) in [6.07, 6.45) is 7.75. The Bertz CT molecular complexity index is 616. The molecule has 2 aliphatic rings.